The first-order valence-electron chi connectivity index (χ1n) is 7.47. The van der Waals surface area contributed by atoms with Gasteiger partial charge in [0.15, 0.2) is 5.17 Å². The minimum absolute atomic E-state index is 0.0511. The number of hydrogen-bond donors (Lipinski definition) is 2. The van der Waals surface area contributed by atoms with Gasteiger partial charge < -0.3 is 10.6 Å². The Balaban J connectivity index is 1.59. The van der Waals surface area contributed by atoms with Crippen molar-refractivity contribution >= 4 is 34.2 Å². The summed E-state index contributed by atoms with van der Waals surface area (Å²) in [5.41, 5.74) is 2.30. The minimum Gasteiger partial charge on any atom is -0.335 e. The Morgan fingerprint density at radius 2 is 1.86 bits per heavy atom. The molecule has 4 nitrogen and oxygen atoms in total. The second kappa shape index (κ2) is 6.10. The number of nitrogens with zero attached hydrogens (tertiary/aromatic N) is 1. The first-order chi connectivity index (χ1) is 10.2. The number of anilines is 2. The maximum Gasteiger partial charge on any atom is 0.221 e. The number of aliphatic imine (C=N–C) groups is 1. The molecule has 1 aliphatic carbocycles. The molecule has 112 valence electrons. The quantitative estimate of drug-likeness (QED) is 0.875. The standard InChI is InChI=1S/C16H21N3OS/c1-12(20)18-13-4-6-14(7-5-13)19-15-17-10-16(11-21-15)8-2-3-9-16/h4-7H,2-3,8-11H2,1H3,(H,17,19)(H,18,20). The van der Waals surface area contributed by atoms with Crippen molar-refractivity contribution in [3.8, 4) is 0 Å². The van der Waals surface area contributed by atoms with Gasteiger partial charge in [0, 0.05) is 30.6 Å². The van der Waals surface area contributed by atoms with Crippen LogP contribution in [-0.2, 0) is 4.79 Å². The van der Waals surface area contributed by atoms with Crippen LogP contribution in [0.1, 0.15) is 32.6 Å². The summed E-state index contributed by atoms with van der Waals surface area (Å²) in [6.07, 6.45) is 5.40. The molecule has 0 bridgehead atoms. The van der Waals surface area contributed by atoms with E-state index in [0.717, 1.165) is 23.1 Å². The maximum atomic E-state index is 11.0. The predicted octanol–water partition coefficient (Wildman–Crippen LogP) is 3.72. The van der Waals surface area contributed by atoms with E-state index in [1.54, 1.807) is 0 Å². The molecular weight excluding hydrogens is 282 g/mol. The van der Waals surface area contributed by atoms with Crippen molar-refractivity contribution < 1.29 is 4.79 Å². The Morgan fingerprint density at radius 1 is 1.19 bits per heavy atom. The van der Waals surface area contributed by atoms with Gasteiger partial charge in [-0.05, 0) is 42.5 Å². The minimum atomic E-state index is -0.0511. The van der Waals surface area contributed by atoms with E-state index in [4.69, 9.17) is 4.99 Å². The highest BCUT2D eigenvalue weighted by Gasteiger charge is 2.36. The van der Waals surface area contributed by atoms with Crippen molar-refractivity contribution in [2.24, 2.45) is 10.4 Å². The van der Waals surface area contributed by atoms with Gasteiger partial charge in [0.05, 0.1) is 0 Å². The lowest BCUT2D eigenvalue weighted by Crippen LogP contribution is -2.30. The first kappa shape index (κ1) is 14.4. The molecule has 1 fully saturated rings. The summed E-state index contributed by atoms with van der Waals surface area (Å²) in [6.45, 7) is 2.48. The number of carbonyl (C=O) groups excluding carboxylic acids is 1. The van der Waals surface area contributed by atoms with Crippen LogP contribution in [0.25, 0.3) is 0 Å². The van der Waals surface area contributed by atoms with Crippen LogP contribution in [0.5, 0.6) is 0 Å². The first-order valence-corrected chi connectivity index (χ1v) is 8.46. The van der Waals surface area contributed by atoms with Crippen LogP contribution in [-0.4, -0.2) is 23.4 Å². The van der Waals surface area contributed by atoms with Crippen LogP contribution >= 0.6 is 11.8 Å². The molecule has 5 heteroatoms. The van der Waals surface area contributed by atoms with Gasteiger partial charge in [-0.15, -0.1) is 0 Å². The summed E-state index contributed by atoms with van der Waals surface area (Å²) in [5, 5.41) is 7.15. The number of amidine groups is 1. The zero-order valence-electron chi connectivity index (χ0n) is 12.3. The maximum absolute atomic E-state index is 11.0. The fourth-order valence-corrected chi connectivity index (χ4v) is 4.19. The van der Waals surface area contributed by atoms with Crippen LogP contribution in [0.2, 0.25) is 0 Å². The van der Waals surface area contributed by atoms with Gasteiger partial charge >= 0.3 is 0 Å². The van der Waals surface area contributed by atoms with Gasteiger partial charge in [-0.3, -0.25) is 9.79 Å². The van der Waals surface area contributed by atoms with E-state index in [9.17, 15) is 4.79 Å². The van der Waals surface area contributed by atoms with Crippen LogP contribution in [0.3, 0.4) is 0 Å². The summed E-state index contributed by atoms with van der Waals surface area (Å²) < 4.78 is 0. The Labute approximate surface area is 129 Å². The van der Waals surface area contributed by atoms with Crippen molar-refractivity contribution in [3.05, 3.63) is 24.3 Å². The highest BCUT2D eigenvalue weighted by Crippen LogP contribution is 2.43. The zero-order valence-corrected chi connectivity index (χ0v) is 13.1. The van der Waals surface area contributed by atoms with E-state index >= 15 is 0 Å². The lowest BCUT2D eigenvalue weighted by atomic mass is 9.89. The number of carbonyl (C=O) groups is 1. The predicted molar refractivity (Wildman–Crippen MR) is 90.0 cm³/mol. The fraction of sp³-hybridized carbons (Fsp3) is 0.500. The largest absolute Gasteiger partial charge is 0.335 e. The molecule has 1 saturated carbocycles. The Hall–Kier alpha value is -1.49. The summed E-state index contributed by atoms with van der Waals surface area (Å²) in [6, 6.07) is 7.73. The molecule has 0 unspecified atom stereocenters. The van der Waals surface area contributed by atoms with Crippen molar-refractivity contribution in [3.63, 3.8) is 0 Å². The van der Waals surface area contributed by atoms with Crippen molar-refractivity contribution in [1.82, 2.24) is 0 Å². The molecule has 0 atom stereocenters. The van der Waals surface area contributed by atoms with Gasteiger partial charge in [0.2, 0.25) is 5.91 Å². The lowest BCUT2D eigenvalue weighted by molar-refractivity contribution is -0.114. The molecule has 3 rings (SSSR count). The molecule has 1 amide bonds. The third kappa shape index (κ3) is 3.59. The summed E-state index contributed by atoms with van der Waals surface area (Å²) in [5.74, 6) is 1.13. The van der Waals surface area contributed by atoms with Crippen LogP contribution in [0, 0.1) is 5.41 Å². The number of hydrogen-bond acceptors (Lipinski definition) is 4. The molecule has 2 aliphatic rings. The highest BCUT2D eigenvalue weighted by atomic mass is 32.2. The molecule has 0 aromatic heterocycles. The second-order valence-electron chi connectivity index (χ2n) is 6.00. The average molecular weight is 303 g/mol. The topological polar surface area (TPSA) is 53.5 Å². The number of thioether (sulfide) groups is 1. The van der Waals surface area contributed by atoms with Crippen LogP contribution < -0.4 is 10.6 Å². The average Bonchev–Trinajstić information content (AvgIpc) is 2.92. The van der Waals surface area contributed by atoms with Gasteiger partial charge in [-0.25, -0.2) is 0 Å². The van der Waals surface area contributed by atoms with E-state index in [0.29, 0.717) is 5.41 Å². The second-order valence-corrected chi connectivity index (χ2v) is 6.96. The van der Waals surface area contributed by atoms with Gasteiger partial charge in [-0.2, -0.15) is 0 Å². The third-order valence-corrected chi connectivity index (χ3v) is 5.46. The Morgan fingerprint density at radius 3 is 2.43 bits per heavy atom. The van der Waals surface area contributed by atoms with Gasteiger partial charge in [0.1, 0.15) is 0 Å². The highest BCUT2D eigenvalue weighted by molar-refractivity contribution is 8.14. The number of amides is 1. The Kier molecular flexibility index (Phi) is 4.19. The molecule has 0 saturated heterocycles. The van der Waals surface area contributed by atoms with Gasteiger partial charge in [0.25, 0.3) is 0 Å². The zero-order chi connectivity index (χ0) is 14.7. The lowest BCUT2D eigenvalue weighted by Gasteiger charge is -2.31. The fourth-order valence-electron chi connectivity index (χ4n) is 3.02. The third-order valence-electron chi connectivity index (χ3n) is 4.19. The van der Waals surface area contributed by atoms with E-state index in [1.807, 2.05) is 36.0 Å². The van der Waals surface area contributed by atoms with E-state index in [2.05, 4.69) is 10.6 Å². The van der Waals surface area contributed by atoms with Crippen molar-refractivity contribution in [2.45, 2.75) is 32.6 Å². The molecule has 0 radical (unpaired) electrons. The summed E-state index contributed by atoms with van der Waals surface area (Å²) >= 11 is 1.84. The molecule has 21 heavy (non-hydrogen) atoms. The monoisotopic (exact) mass is 303 g/mol. The number of benzene rings is 1. The summed E-state index contributed by atoms with van der Waals surface area (Å²) in [4.78, 5) is 15.7. The normalized spacial score (nSPS) is 20.1. The number of rotatable bonds is 2. The van der Waals surface area contributed by atoms with Crippen LogP contribution in [0.4, 0.5) is 11.4 Å². The van der Waals surface area contributed by atoms with E-state index in [-0.39, 0.29) is 5.91 Å². The molecule has 1 aromatic rings. The smallest absolute Gasteiger partial charge is 0.221 e. The van der Waals surface area contributed by atoms with Gasteiger partial charge in [-0.1, -0.05) is 24.6 Å². The molecule has 1 aliphatic heterocycles. The van der Waals surface area contributed by atoms with Crippen molar-refractivity contribution in [1.29, 1.82) is 0 Å². The molecule has 1 aromatic carbocycles. The number of nitrogens with one attached hydrogen (secondary N) is 2. The van der Waals surface area contributed by atoms with Crippen molar-refractivity contribution in [2.75, 3.05) is 22.9 Å². The Bertz CT molecular complexity index is 547. The van der Waals surface area contributed by atoms with E-state index < -0.39 is 0 Å². The molecule has 1 spiro atoms. The van der Waals surface area contributed by atoms with Crippen LogP contribution in [0.15, 0.2) is 29.3 Å². The van der Waals surface area contributed by atoms with E-state index in [1.165, 1.54) is 38.4 Å². The SMILES string of the molecule is CC(=O)Nc1ccc(NC2=NCC3(CCCC3)CS2)cc1. The summed E-state index contributed by atoms with van der Waals surface area (Å²) in [7, 11) is 0. The molecule has 2 N–H and O–H groups in total. The molecule has 1 heterocycles. The molecular formula is C16H21N3OS.